The van der Waals surface area contributed by atoms with Crippen LogP contribution in [-0.4, -0.2) is 31.3 Å². The Morgan fingerprint density at radius 1 is 1.29 bits per heavy atom. The molecule has 3 N–H and O–H groups in total. The Balaban J connectivity index is 2.03. The number of nitrogens with two attached hydrogens (primary N) is 1. The van der Waals surface area contributed by atoms with E-state index in [1.165, 1.54) is 0 Å². The van der Waals surface area contributed by atoms with Gasteiger partial charge < -0.3 is 10.7 Å². The maximum Gasteiger partial charge on any atom is 0.248 e. The molecular weight excluding hydrogens is 374 g/mol. The zero-order valence-corrected chi connectivity index (χ0v) is 16.5. The Morgan fingerprint density at radius 2 is 2.07 bits per heavy atom. The van der Waals surface area contributed by atoms with Crippen molar-refractivity contribution in [3.8, 4) is 11.1 Å². The summed E-state index contributed by atoms with van der Waals surface area (Å²) in [4.78, 5) is 19.9. The van der Waals surface area contributed by atoms with E-state index >= 15 is 0 Å². The van der Waals surface area contributed by atoms with E-state index in [2.05, 4.69) is 16.9 Å². The minimum atomic E-state index is -3.34. The van der Waals surface area contributed by atoms with Crippen LogP contribution in [0.2, 0.25) is 0 Å². The average Bonchev–Trinajstić information content (AvgIpc) is 3.05. The van der Waals surface area contributed by atoms with Crippen LogP contribution in [0.1, 0.15) is 29.8 Å². The fraction of sp³-hybridized carbons (Fsp3) is 0.238. The predicted octanol–water partition coefficient (Wildman–Crippen LogP) is 3.62. The lowest BCUT2D eigenvalue weighted by Crippen LogP contribution is -2.11. The molecule has 6 nitrogen and oxygen atoms in total. The van der Waals surface area contributed by atoms with E-state index in [9.17, 15) is 13.2 Å². The molecule has 1 aliphatic rings. The van der Waals surface area contributed by atoms with Crippen LogP contribution >= 0.6 is 0 Å². The number of carbonyl (C=O) groups excluding carboxylic acids is 1. The lowest BCUT2D eigenvalue weighted by atomic mass is 9.92. The van der Waals surface area contributed by atoms with Crippen molar-refractivity contribution in [2.24, 2.45) is 16.6 Å². The third-order valence-electron chi connectivity index (χ3n) is 5.13. The van der Waals surface area contributed by atoms with Crippen molar-refractivity contribution in [2.45, 2.75) is 25.2 Å². The van der Waals surface area contributed by atoms with Crippen LogP contribution in [0.3, 0.4) is 0 Å². The van der Waals surface area contributed by atoms with Gasteiger partial charge in [0.2, 0.25) is 5.91 Å². The number of aliphatic imine (C=N–C) groups is 1. The van der Waals surface area contributed by atoms with Gasteiger partial charge in [-0.05, 0) is 47.7 Å². The van der Waals surface area contributed by atoms with E-state index in [1.54, 1.807) is 37.3 Å². The summed E-state index contributed by atoms with van der Waals surface area (Å²) in [5.74, 6) is 0.555. The molecule has 0 spiro atoms. The molecule has 7 heteroatoms. The van der Waals surface area contributed by atoms with Crippen molar-refractivity contribution in [2.75, 3.05) is 5.75 Å². The zero-order valence-electron chi connectivity index (χ0n) is 15.7. The topological polar surface area (TPSA) is 105 Å². The van der Waals surface area contributed by atoms with Crippen LogP contribution in [0.4, 0.5) is 5.82 Å². The predicted molar refractivity (Wildman–Crippen MR) is 111 cm³/mol. The van der Waals surface area contributed by atoms with Crippen LogP contribution in [0, 0.1) is 5.92 Å². The first-order chi connectivity index (χ1) is 13.3. The van der Waals surface area contributed by atoms with E-state index in [1.807, 2.05) is 12.3 Å². The largest absolute Gasteiger partial charge is 0.366 e. The van der Waals surface area contributed by atoms with Gasteiger partial charge in [-0.2, -0.15) is 0 Å². The lowest BCUT2D eigenvalue weighted by Gasteiger charge is -2.14. The molecule has 1 aromatic heterocycles. The smallest absolute Gasteiger partial charge is 0.248 e. The van der Waals surface area contributed by atoms with Gasteiger partial charge in [0, 0.05) is 28.2 Å². The van der Waals surface area contributed by atoms with Gasteiger partial charge in [0.1, 0.15) is 5.82 Å². The van der Waals surface area contributed by atoms with Gasteiger partial charge in [-0.1, -0.05) is 26.0 Å². The minimum Gasteiger partial charge on any atom is -0.366 e. The standard InChI is InChI=1S/C21H21N3O3S/c1-3-28(26,27)15-6-4-5-13(8-15)16-9-14(20(22)25)10-18-19(16)17-7-12(2)11-23-21(17)24-18/h4-6,8-12,24H,3,7H2,1-2H3,(H2,22,25). The molecular formula is C21H21N3O3S. The highest BCUT2D eigenvalue weighted by Gasteiger charge is 2.22. The van der Waals surface area contributed by atoms with Crippen molar-refractivity contribution >= 4 is 38.7 Å². The van der Waals surface area contributed by atoms with Crippen LogP contribution < -0.4 is 5.73 Å². The van der Waals surface area contributed by atoms with Crippen molar-refractivity contribution in [3.63, 3.8) is 0 Å². The summed E-state index contributed by atoms with van der Waals surface area (Å²) in [6.07, 6.45) is 2.72. The van der Waals surface area contributed by atoms with Crippen LogP contribution in [-0.2, 0) is 16.3 Å². The number of amides is 1. The first kappa shape index (κ1) is 18.4. The molecule has 144 valence electrons. The van der Waals surface area contributed by atoms with Gasteiger partial charge in [-0.15, -0.1) is 0 Å². The number of fused-ring (bicyclic) bond motifs is 3. The molecule has 0 radical (unpaired) electrons. The molecule has 0 bridgehead atoms. The number of benzene rings is 2. The van der Waals surface area contributed by atoms with Gasteiger partial charge in [0.05, 0.1) is 10.6 Å². The summed E-state index contributed by atoms with van der Waals surface area (Å²) in [5.41, 5.74) is 9.25. The van der Waals surface area contributed by atoms with Crippen molar-refractivity contribution in [3.05, 3.63) is 47.5 Å². The third kappa shape index (κ3) is 3.01. The summed E-state index contributed by atoms with van der Waals surface area (Å²) >= 11 is 0. The second-order valence-corrected chi connectivity index (χ2v) is 9.43. The Kier molecular flexibility index (Phi) is 4.34. The zero-order chi connectivity index (χ0) is 20.1. The number of aromatic nitrogens is 1. The van der Waals surface area contributed by atoms with E-state index in [0.717, 1.165) is 39.8 Å². The maximum absolute atomic E-state index is 12.3. The second kappa shape index (κ2) is 6.60. The minimum absolute atomic E-state index is 0.0268. The second-order valence-electron chi connectivity index (χ2n) is 7.15. The average molecular weight is 395 g/mol. The van der Waals surface area contributed by atoms with Gasteiger partial charge in [-0.25, -0.2) is 13.4 Å². The fourth-order valence-electron chi connectivity index (χ4n) is 3.67. The number of hydrogen-bond donors (Lipinski definition) is 2. The first-order valence-electron chi connectivity index (χ1n) is 9.16. The third-order valence-corrected chi connectivity index (χ3v) is 6.86. The van der Waals surface area contributed by atoms with Crippen molar-refractivity contribution in [1.29, 1.82) is 0 Å². The van der Waals surface area contributed by atoms with Gasteiger partial charge >= 0.3 is 0 Å². The van der Waals surface area contributed by atoms with Gasteiger partial charge in [0.15, 0.2) is 9.84 Å². The van der Waals surface area contributed by atoms with Gasteiger partial charge in [-0.3, -0.25) is 4.79 Å². The normalized spacial score (nSPS) is 16.3. The molecule has 4 rings (SSSR count). The van der Waals surface area contributed by atoms with Crippen LogP contribution in [0.25, 0.3) is 22.0 Å². The van der Waals surface area contributed by atoms with Crippen molar-refractivity contribution < 1.29 is 13.2 Å². The molecule has 3 aromatic rings. The number of carbonyl (C=O) groups is 1. The molecule has 0 saturated carbocycles. The number of H-pyrrole nitrogens is 1. The number of nitrogens with one attached hydrogen (secondary N) is 1. The number of sulfone groups is 1. The Morgan fingerprint density at radius 3 is 2.79 bits per heavy atom. The summed E-state index contributed by atoms with van der Waals surface area (Å²) in [5, 5.41) is 0.953. The molecule has 0 fully saturated rings. The molecule has 1 amide bonds. The van der Waals surface area contributed by atoms with E-state index in [4.69, 9.17) is 5.73 Å². The fourth-order valence-corrected chi connectivity index (χ4v) is 4.59. The van der Waals surface area contributed by atoms with Crippen LogP contribution in [0.15, 0.2) is 46.3 Å². The highest BCUT2D eigenvalue weighted by molar-refractivity contribution is 7.91. The van der Waals surface area contributed by atoms with E-state index < -0.39 is 15.7 Å². The first-order valence-corrected chi connectivity index (χ1v) is 10.8. The summed E-state index contributed by atoms with van der Waals surface area (Å²) in [6.45, 7) is 3.72. The number of aromatic amines is 1. The Labute approximate surface area is 163 Å². The maximum atomic E-state index is 12.3. The molecule has 1 aliphatic heterocycles. The molecule has 2 aromatic carbocycles. The molecule has 1 unspecified atom stereocenters. The molecule has 0 aliphatic carbocycles. The quantitative estimate of drug-likeness (QED) is 0.705. The highest BCUT2D eigenvalue weighted by Crippen LogP contribution is 2.40. The number of rotatable bonds is 4. The lowest BCUT2D eigenvalue weighted by molar-refractivity contribution is 0.100. The molecule has 28 heavy (non-hydrogen) atoms. The highest BCUT2D eigenvalue weighted by atomic mass is 32.2. The number of nitrogens with zero attached hydrogens (tertiary/aromatic N) is 1. The number of primary amides is 1. The summed E-state index contributed by atoms with van der Waals surface area (Å²) in [6, 6.07) is 10.3. The number of hydrogen-bond acceptors (Lipinski definition) is 4. The van der Waals surface area contributed by atoms with Gasteiger partial charge in [0.25, 0.3) is 0 Å². The Hall–Kier alpha value is -2.93. The van der Waals surface area contributed by atoms with E-state index in [-0.39, 0.29) is 10.6 Å². The summed E-state index contributed by atoms with van der Waals surface area (Å²) < 4.78 is 24.7. The Bertz CT molecular complexity index is 1240. The molecule has 2 heterocycles. The van der Waals surface area contributed by atoms with Crippen LogP contribution in [0.5, 0.6) is 0 Å². The van der Waals surface area contributed by atoms with E-state index in [0.29, 0.717) is 11.5 Å². The van der Waals surface area contributed by atoms with Crippen molar-refractivity contribution in [1.82, 2.24) is 4.98 Å². The summed E-state index contributed by atoms with van der Waals surface area (Å²) in [7, 11) is -3.34. The molecule has 0 saturated heterocycles. The molecule has 1 atom stereocenters. The monoisotopic (exact) mass is 395 g/mol. The SMILES string of the molecule is CCS(=O)(=O)c1cccc(-c2cc(C(N)=O)cc3[nH]c4c(c23)CC(C)C=N4)c1.